The third-order valence-corrected chi connectivity index (χ3v) is 5.37. The molecule has 0 saturated heterocycles. The fourth-order valence-corrected chi connectivity index (χ4v) is 4.27. The molecule has 0 saturated carbocycles. The molecule has 3 heteroatoms. The summed E-state index contributed by atoms with van der Waals surface area (Å²) in [4.78, 5) is 0. The van der Waals surface area contributed by atoms with Gasteiger partial charge in [-0.1, -0.05) is 50.6 Å². The molecule has 0 aromatic heterocycles. The predicted molar refractivity (Wildman–Crippen MR) is 60.4 cm³/mol. The largest absolute Gasteiger partial charge is 0.500 e. The van der Waals surface area contributed by atoms with E-state index in [4.69, 9.17) is 3.79 Å². The Morgan fingerprint density at radius 3 is 1.85 bits per heavy atom. The van der Waals surface area contributed by atoms with Crippen LogP contribution in [0.2, 0.25) is 9.56 Å². The minimum Gasteiger partial charge on any atom is -0.500 e. The second-order valence-electron chi connectivity index (χ2n) is 4.18. The normalized spacial score (nSPS) is 10.4. The van der Waals surface area contributed by atoms with Crippen LogP contribution in [0.4, 0.5) is 0 Å². The molecule has 2 N–H and O–H groups in total. The Bertz CT molecular complexity index is 97.1. The van der Waals surface area contributed by atoms with Gasteiger partial charge in [0, 0.05) is 6.61 Å². The first kappa shape index (κ1) is 15.9. The Balaban J connectivity index is 0. The second kappa shape index (κ2) is 9.03. The fourth-order valence-electron chi connectivity index (χ4n) is 1.52. The minimum atomic E-state index is -0.912. The Kier molecular flexibility index (Phi) is 11.0. The first-order valence-electron chi connectivity index (χ1n) is 5.21. The van der Waals surface area contributed by atoms with Crippen molar-refractivity contribution in [3.05, 3.63) is 0 Å². The highest BCUT2D eigenvalue weighted by Gasteiger charge is 2.28. The molecule has 0 aromatic rings. The Labute approximate surface area is 87.7 Å². The van der Waals surface area contributed by atoms with Crippen LogP contribution in [0.1, 0.15) is 47.5 Å². The topological polar surface area (TPSA) is 40.7 Å². The van der Waals surface area contributed by atoms with Crippen molar-refractivity contribution in [3.63, 3.8) is 0 Å². The van der Waals surface area contributed by atoms with E-state index in [0.717, 1.165) is 16.2 Å². The molecular weight excluding hydrogens is 179 g/mol. The van der Waals surface area contributed by atoms with Crippen molar-refractivity contribution < 1.29 is 9.26 Å². The van der Waals surface area contributed by atoms with Crippen molar-refractivity contribution >= 4 is 14.5 Å². The smallest absolute Gasteiger partial charge is 0.466 e. The lowest BCUT2D eigenvalue weighted by molar-refractivity contribution is 0.299. The molecule has 0 atom stereocenters. The zero-order valence-electron chi connectivity index (χ0n) is 9.76. The van der Waals surface area contributed by atoms with Crippen molar-refractivity contribution in [2.45, 2.75) is 57.0 Å². The molecule has 0 fully saturated rings. The van der Waals surface area contributed by atoms with Gasteiger partial charge in [-0.15, -0.1) is 0 Å². The third-order valence-electron chi connectivity index (χ3n) is 2.12. The van der Waals surface area contributed by atoms with Crippen LogP contribution >= 0.6 is 0 Å². The summed E-state index contributed by atoms with van der Waals surface area (Å²) >= 11 is -0.912. The van der Waals surface area contributed by atoms with Crippen molar-refractivity contribution in [1.82, 2.24) is 0 Å². The first-order valence-corrected chi connectivity index (χ1v) is 7.01. The summed E-state index contributed by atoms with van der Waals surface area (Å²) in [6, 6.07) is 0. The molecule has 0 amide bonds. The van der Waals surface area contributed by atoms with Crippen LogP contribution in [0.5, 0.6) is 0 Å². The summed E-state index contributed by atoms with van der Waals surface area (Å²) in [5, 5.41) is 0. The van der Waals surface area contributed by atoms with Crippen LogP contribution in [-0.4, -0.2) is 26.6 Å². The summed E-state index contributed by atoms with van der Waals surface area (Å²) in [6.07, 6.45) is 2.47. The van der Waals surface area contributed by atoms with Gasteiger partial charge in [-0.25, -0.2) is 0 Å². The van der Waals surface area contributed by atoms with Crippen molar-refractivity contribution in [1.29, 1.82) is 0 Å². The van der Waals surface area contributed by atoms with E-state index in [1.54, 1.807) is 0 Å². The first-order chi connectivity index (χ1) is 5.59. The van der Waals surface area contributed by atoms with Crippen molar-refractivity contribution in [2.75, 3.05) is 6.61 Å². The maximum atomic E-state index is 5.94. The van der Waals surface area contributed by atoms with Gasteiger partial charge in [0.15, 0.2) is 0 Å². The molecule has 0 rings (SSSR count). The summed E-state index contributed by atoms with van der Waals surface area (Å²) in [6.45, 7) is 12.4. The minimum absolute atomic E-state index is 0. The predicted octanol–water partition coefficient (Wildman–Crippen LogP) is 2.79. The zero-order chi connectivity index (χ0) is 9.56. The quantitative estimate of drug-likeness (QED) is 0.484. The zero-order valence-corrected chi connectivity index (χ0v) is 10.9. The van der Waals surface area contributed by atoms with E-state index in [9.17, 15) is 0 Å². The lowest BCUT2D eigenvalue weighted by atomic mass is 10.4. The molecule has 0 aliphatic carbocycles. The van der Waals surface area contributed by atoms with Crippen LogP contribution in [0.15, 0.2) is 0 Å². The van der Waals surface area contributed by atoms with Gasteiger partial charge < -0.3 is 9.26 Å². The van der Waals surface area contributed by atoms with Crippen LogP contribution in [-0.2, 0) is 3.79 Å². The Hall–Kier alpha value is 0.452. The van der Waals surface area contributed by atoms with Gasteiger partial charge in [0.25, 0.3) is 0 Å². The molecule has 13 heavy (non-hydrogen) atoms. The lowest BCUT2D eigenvalue weighted by Crippen LogP contribution is -2.25. The van der Waals surface area contributed by atoms with Crippen LogP contribution in [0, 0.1) is 0 Å². The number of unbranched alkanes of at least 4 members (excludes halogenated alkanes) is 1. The van der Waals surface area contributed by atoms with Gasteiger partial charge in [-0.05, 0) is 6.42 Å². The van der Waals surface area contributed by atoms with Gasteiger partial charge >= 0.3 is 14.5 Å². The van der Waals surface area contributed by atoms with Crippen LogP contribution in [0.25, 0.3) is 0 Å². The average molecular weight is 204 g/mol. The van der Waals surface area contributed by atoms with Crippen molar-refractivity contribution in [2.24, 2.45) is 0 Å². The molecule has 0 spiro atoms. The molecule has 0 aromatic carbocycles. The molecule has 0 aliphatic heterocycles. The summed E-state index contributed by atoms with van der Waals surface area (Å²) in [5.74, 6) is 0. The van der Waals surface area contributed by atoms with Crippen LogP contribution in [0.3, 0.4) is 0 Å². The second-order valence-corrected chi connectivity index (χ2v) is 8.11. The molecule has 80 valence electrons. The van der Waals surface area contributed by atoms with Gasteiger partial charge in [-0.3, -0.25) is 0 Å². The van der Waals surface area contributed by atoms with Gasteiger partial charge in [0.05, 0.1) is 0 Å². The highest BCUT2D eigenvalue weighted by Crippen LogP contribution is 2.20. The molecule has 2 nitrogen and oxygen atoms in total. The monoisotopic (exact) mass is 204 g/mol. The molecule has 0 radical (unpaired) electrons. The van der Waals surface area contributed by atoms with E-state index in [-0.39, 0.29) is 5.48 Å². The SMILES string of the molecule is CCCC[O][Al]([CH](C)C)[CH](C)C.O. The summed E-state index contributed by atoms with van der Waals surface area (Å²) in [7, 11) is 0. The van der Waals surface area contributed by atoms with Crippen molar-refractivity contribution in [3.8, 4) is 0 Å². The fraction of sp³-hybridized carbons (Fsp3) is 1.00. The molecule has 0 unspecified atom stereocenters. The molecule has 0 heterocycles. The molecular formula is C10H25AlO2. The highest BCUT2D eigenvalue weighted by molar-refractivity contribution is 6.54. The Morgan fingerprint density at radius 2 is 1.54 bits per heavy atom. The van der Waals surface area contributed by atoms with Crippen LogP contribution < -0.4 is 0 Å². The van der Waals surface area contributed by atoms with E-state index in [2.05, 4.69) is 34.6 Å². The van der Waals surface area contributed by atoms with E-state index < -0.39 is 14.5 Å². The maximum absolute atomic E-state index is 5.94. The summed E-state index contributed by atoms with van der Waals surface area (Å²) < 4.78 is 7.50. The van der Waals surface area contributed by atoms with Gasteiger partial charge in [0.1, 0.15) is 0 Å². The molecule has 0 aliphatic rings. The number of hydrogen-bond donors (Lipinski definition) is 0. The van der Waals surface area contributed by atoms with Gasteiger partial charge in [-0.2, -0.15) is 0 Å². The van der Waals surface area contributed by atoms with E-state index in [1.165, 1.54) is 12.8 Å². The highest BCUT2D eigenvalue weighted by atomic mass is 27.2. The average Bonchev–Trinajstić information content (AvgIpc) is 1.96. The van der Waals surface area contributed by atoms with E-state index >= 15 is 0 Å². The van der Waals surface area contributed by atoms with E-state index in [1.807, 2.05) is 0 Å². The standard InChI is InChI=1S/C4H9O.2C3H7.Al.H2O/c1-2-3-4-5;2*1-3-2;;/h2-4H2,1H3;2*3H,1-2H3;;1H2/q-1;;;+1;. The number of rotatable bonds is 6. The van der Waals surface area contributed by atoms with Gasteiger partial charge in [0.2, 0.25) is 0 Å². The Morgan fingerprint density at radius 1 is 1.08 bits per heavy atom. The lowest BCUT2D eigenvalue weighted by Gasteiger charge is -2.19. The number of hydrogen-bond acceptors (Lipinski definition) is 1. The van der Waals surface area contributed by atoms with E-state index in [0.29, 0.717) is 0 Å². The summed E-state index contributed by atoms with van der Waals surface area (Å²) in [5.41, 5.74) is 0. The molecule has 0 bridgehead atoms. The maximum Gasteiger partial charge on any atom is 0.466 e. The third kappa shape index (κ3) is 7.52.